The lowest BCUT2D eigenvalue weighted by atomic mass is 9.99. The minimum Gasteiger partial charge on any atom is -0.385 e. The monoisotopic (exact) mass is 204 g/mol. The van der Waals surface area contributed by atoms with Crippen LogP contribution in [0.25, 0.3) is 0 Å². The zero-order chi connectivity index (χ0) is 10.7. The second-order valence-electron chi connectivity index (χ2n) is 4.52. The Bertz CT molecular complexity index is 331. The van der Waals surface area contributed by atoms with E-state index in [0.717, 1.165) is 13.1 Å². The number of hydrogen-bond acceptors (Lipinski definition) is 2. The molecule has 0 radical (unpaired) electrons. The molecule has 1 aromatic rings. The van der Waals surface area contributed by atoms with Gasteiger partial charge < -0.3 is 10.6 Å². The lowest BCUT2D eigenvalue weighted by Gasteiger charge is -2.22. The fourth-order valence-corrected chi connectivity index (χ4v) is 2.04. The van der Waals surface area contributed by atoms with Crippen molar-refractivity contribution >= 4 is 5.69 Å². The van der Waals surface area contributed by atoms with Gasteiger partial charge in [-0.05, 0) is 24.0 Å². The molecule has 1 aliphatic rings. The Kier molecular flexibility index (Phi) is 3.27. The van der Waals surface area contributed by atoms with Crippen LogP contribution >= 0.6 is 0 Å². The summed E-state index contributed by atoms with van der Waals surface area (Å²) in [6, 6.07) is 7.17. The van der Waals surface area contributed by atoms with Gasteiger partial charge in [0.2, 0.25) is 0 Å². The quantitative estimate of drug-likeness (QED) is 0.790. The molecule has 2 rings (SSSR count). The Morgan fingerprint density at radius 2 is 2.27 bits per heavy atom. The second kappa shape index (κ2) is 4.67. The fourth-order valence-electron chi connectivity index (χ4n) is 2.04. The van der Waals surface area contributed by atoms with Crippen molar-refractivity contribution in [2.75, 3.05) is 11.9 Å². The van der Waals surface area contributed by atoms with Crippen LogP contribution in [-0.4, -0.2) is 12.6 Å². The molecule has 2 nitrogen and oxygen atoms in total. The molecule has 0 aliphatic carbocycles. The predicted octanol–water partition coefficient (Wildman–Crippen LogP) is 2.54. The number of aryl methyl sites for hydroxylation is 1. The maximum atomic E-state index is 3.51. The van der Waals surface area contributed by atoms with E-state index in [9.17, 15) is 0 Å². The van der Waals surface area contributed by atoms with Crippen LogP contribution in [0.1, 0.15) is 31.4 Å². The van der Waals surface area contributed by atoms with Crippen molar-refractivity contribution in [2.45, 2.75) is 39.3 Å². The summed E-state index contributed by atoms with van der Waals surface area (Å²) in [7, 11) is 0. The van der Waals surface area contributed by atoms with Crippen molar-refractivity contribution in [1.29, 1.82) is 0 Å². The molecule has 0 aromatic heterocycles. The van der Waals surface area contributed by atoms with Gasteiger partial charge in [0.25, 0.3) is 0 Å². The molecule has 0 saturated carbocycles. The molecular formula is C13H20N2. The number of rotatable bonds is 3. The van der Waals surface area contributed by atoms with Crippen molar-refractivity contribution in [3.63, 3.8) is 0 Å². The summed E-state index contributed by atoms with van der Waals surface area (Å²) in [6.07, 6.45) is 2.48. The molecule has 0 bridgehead atoms. The van der Waals surface area contributed by atoms with E-state index in [1.807, 2.05) is 0 Å². The number of anilines is 1. The van der Waals surface area contributed by atoms with Gasteiger partial charge in [0.1, 0.15) is 0 Å². The summed E-state index contributed by atoms with van der Waals surface area (Å²) < 4.78 is 0. The average molecular weight is 204 g/mol. The van der Waals surface area contributed by atoms with Crippen molar-refractivity contribution in [2.24, 2.45) is 0 Å². The number of nitrogens with one attached hydrogen (secondary N) is 2. The van der Waals surface area contributed by atoms with E-state index in [1.54, 1.807) is 0 Å². The maximum Gasteiger partial charge on any atom is 0.0418 e. The van der Waals surface area contributed by atoms with Crippen molar-refractivity contribution in [1.82, 2.24) is 5.32 Å². The summed E-state index contributed by atoms with van der Waals surface area (Å²) in [6.45, 7) is 6.45. The topological polar surface area (TPSA) is 24.1 Å². The van der Waals surface area contributed by atoms with Gasteiger partial charge in [0.05, 0.1) is 0 Å². The molecule has 82 valence electrons. The van der Waals surface area contributed by atoms with Crippen molar-refractivity contribution < 1.29 is 0 Å². The molecule has 1 heterocycles. The summed E-state index contributed by atoms with van der Waals surface area (Å²) >= 11 is 0. The first kappa shape index (κ1) is 10.5. The summed E-state index contributed by atoms with van der Waals surface area (Å²) in [5.74, 6) is 0. The van der Waals surface area contributed by atoms with Gasteiger partial charge in [-0.1, -0.05) is 32.0 Å². The summed E-state index contributed by atoms with van der Waals surface area (Å²) in [5.41, 5.74) is 4.25. The number of fused-ring (bicyclic) bond motifs is 1. The fraction of sp³-hybridized carbons (Fsp3) is 0.538. The molecule has 2 N–H and O–H groups in total. The highest BCUT2D eigenvalue weighted by Crippen LogP contribution is 2.25. The van der Waals surface area contributed by atoms with Gasteiger partial charge >= 0.3 is 0 Å². The first-order valence-electron chi connectivity index (χ1n) is 5.85. The van der Waals surface area contributed by atoms with Gasteiger partial charge in [-0.2, -0.15) is 0 Å². The van der Waals surface area contributed by atoms with Gasteiger partial charge in [-0.15, -0.1) is 0 Å². The molecule has 0 spiro atoms. The van der Waals surface area contributed by atoms with Crippen LogP contribution in [0.15, 0.2) is 18.2 Å². The number of benzene rings is 1. The number of hydrogen-bond donors (Lipinski definition) is 2. The predicted molar refractivity (Wildman–Crippen MR) is 65.2 cm³/mol. The molecule has 1 aromatic carbocycles. The zero-order valence-corrected chi connectivity index (χ0v) is 9.64. The Morgan fingerprint density at radius 1 is 1.40 bits per heavy atom. The third-order valence-corrected chi connectivity index (χ3v) is 2.86. The van der Waals surface area contributed by atoms with Gasteiger partial charge in [0, 0.05) is 24.8 Å². The van der Waals surface area contributed by atoms with Crippen LogP contribution in [0.2, 0.25) is 0 Å². The third kappa shape index (κ3) is 2.51. The highest BCUT2D eigenvalue weighted by Gasteiger charge is 2.11. The Labute approximate surface area is 92.1 Å². The third-order valence-electron chi connectivity index (χ3n) is 2.86. The lowest BCUT2D eigenvalue weighted by Crippen LogP contribution is -2.23. The van der Waals surface area contributed by atoms with Gasteiger partial charge in [-0.25, -0.2) is 0 Å². The average Bonchev–Trinajstić information content (AvgIpc) is 2.26. The molecule has 0 atom stereocenters. The Hall–Kier alpha value is -1.02. The second-order valence-corrected chi connectivity index (χ2v) is 4.52. The summed E-state index contributed by atoms with van der Waals surface area (Å²) in [5, 5.41) is 6.99. The molecule has 15 heavy (non-hydrogen) atoms. The van der Waals surface area contributed by atoms with E-state index in [2.05, 4.69) is 42.7 Å². The van der Waals surface area contributed by atoms with E-state index in [-0.39, 0.29) is 0 Å². The van der Waals surface area contributed by atoms with Crippen LogP contribution in [0.3, 0.4) is 0 Å². The molecule has 0 fully saturated rings. The Morgan fingerprint density at radius 3 is 3.07 bits per heavy atom. The minimum absolute atomic E-state index is 0.546. The number of para-hydroxylation sites is 1. The summed E-state index contributed by atoms with van der Waals surface area (Å²) in [4.78, 5) is 0. The normalized spacial score (nSPS) is 14.9. The maximum absolute atomic E-state index is 3.51. The van der Waals surface area contributed by atoms with Crippen LogP contribution in [0.5, 0.6) is 0 Å². The molecule has 2 heteroatoms. The SMILES string of the molecule is CC(C)NCc1cccc2c1NCCC2. The van der Waals surface area contributed by atoms with E-state index >= 15 is 0 Å². The molecule has 0 saturated heterocycles. The molecule has 1 aliphatic heterocycles. The first-order valence-corrected chi connectivity index (χ1v) is 5.85. The zero-order valence-electron chi connectivity index (χ0n) is 9.64. The van der Waals surface area contributed by atoms with Crippen molar-refractivity contribution in [3.05, 3.63) is 29.3 Å². The van der Waals surface area contributed by atoms with Crippen molar-refractivity contribution in [3.8, 4) is 0 Å². The van der Waals surface area contributed by atoms with E-state index < -0.39 is 0 Å². The van der Waals surface area contributed by atoms with E-state index in [0.29, 0.717) is 6.04 Å². The smallest absolute Gasteiger partial charge is 0.0418 e. The lowest BCUT2D eigenvalue weighted by molar-refractivity contribution is 0.588. The van der Waals surface area contributed by atoms with E-state index in [4.69, 9.17) is 0 Å². The van der Waals surface area contributed by atoms with Gasteiger partial charge in [0.15, 0.2) is 0 Å². The highest BCUT2D eigenvalue weighted by molar-refractivity contribution is 5.59. The molecular weight excluding hydrogens is 184 g/mol. The van der Waals surface area contributed by atoms with Crippen LogP contribution in [0.4, 0.5) is 5.69 Å². The largest absolute Gasteiger partial charge is 0.385 e. The first-order chi connectivity index (χ1) is 7.27. The standard InChI is InChI=1S/C13H20N2/c1-10(2)15-9-12-6-3-5-11-7-4-8-14-13(11)12/h3,5-6,10,14-15H,4,7-9H2,1-2H3. The minimum atomic E-state index is 0.546. The molecule has 0 unspecified atom stereocenters. The van der Waals surface area contributed by atoms with Crippen LogP contribution in [0, 0.1) is 0 Å². The highest BCUT2D eigenvalue weighted by atomic mass is 14.9. The van der Waals surface area contributed by atoms with Crippen LogP contribution in [-0.2, 0) is 13.0 Å². The molecule has 0 amide bonds. The van der Waals surface area contributed by atoms with E-state index in [1.165, 1.54) is 29.7 Å². The van der Waals surface area contributed by atoms with Crippen LogP contribution < -0.4 is 10.6 Å². The Balaban J connectivity index is 2.16. The van der Waals surface area contributed by atoms with Gasteiger partial charge in [-0.3, -0.25) is 0 Å².